The number of pyridine rings is 1. The standard InChI is InChI=1S/C18H16FN3O/c19-17-9-13(15-10-21-22(11-15)16-6-7-16)4-5-14(17)12-23-18-3-1-2-8-20-18/h1-5,8-11,16H,6-7,12H2. The van der Waals surface area contributed by atoms with E-state index in [0.29, 0.717) is 17.5 Å². The molecule has 0 saturated heterocycles. The third-order valence-electron chi connectivity index (χ3n) is 3.92. The highest BCUT2D eigenvalue weighted by atomic mass is 19.1. The van der Waals surface area contributed by atoms with Crippen LogP contribution < -0.4 is 4.74 Å². The van der Waals surface area contributed by atoms with E-state index in [1.807, 2.05) is 29.1 Å². The molecule has 0 N–H and O–H groups in total. The number of benzene rings is 1. The molecule has 0 atom stereocenters. The van der Waals surface area contributed by atoms with Crippen molar-refractivity contribution in [3.8, 4) is 17.0 Å². The lowest BCUT2D eigenvalue weighted by atomic mass is 10.1. The number of ether oxygens (including phenoxy) is 1. The van der Waals surface area contributed by atoms with Crippen molar-refractivity contribution >= 4 is 0 Å². The summed E-state index contributed by atoms with van der Waals surface area (Å²) in [5.41, 5.74) is 2.28. The van der Waals surface area contributed by atoms with E-state index in [0.717, 1.165) is 11.1 Å². The van der Waals surface area contributed by atoms with E-state index < -0.39 is 0 Å². The van der Waals surface area contributed by atoms with Crippen LogP contribution in [0.25, 0.3) is 11.1 Å². The van der Waals surface area contributed by atoms with Crippen LogP contribution in [-0.4, -0.2) is 14.8 Å². The lowest BCUT2D eigenvalue weighted by molar-refractivity contribution is 0.288. The van der Waals surface area contributed by atoms with Gasteiger partial charge in [-0.2, -0.15) is 5.10 Å². The number of nitrogens with zero attached hydrogens (tertiary/aromatic N) is 3. The van der Waals surface area contributed by atoms with Crippen molar-refractivity contribution in [2.45, 2.75) is 25.5 Å². The first kappa shape index (κ1) is 13.9. The zero-order valence-electron chi connectivity index (χ0n) is 12.5. The van der Waals surface area contributed by atoms with Crippen molar-refractivity contribution in [2.24, 2.45) is 0 Å². The Balaban J connectivity index is 1.49. The molecule has 2 heterocycles. The zero-order chi connectivity index (χ0) is 15.6. The Morgan fingerprint density at radius 3 is 2.83 bits per heavy atom. The SMILES string of the molecule is Fc1cc(-c2cnn(C3CC3)c2)ccc1COc1ccccn1. The predicted molar refractivity (Wildman–Crippen MR) is 84.5 cm³/mol. The molecular weight excluding hydrogens is 293 g/mol. The molecular formula is C18H16FN3O. The molecule has 1 saturated carbocycles. The summed E-state index contributed by atoms with van der Waals surface area (Å²) in [7, 11) is 0. The van der Waals surface area contributed by atoms with Gasteiger partial charge in [0.25, 0.3) is 0 Å². The number of rotatable bonds is 5. The van der Waals surface area contributed by atoms with Crippen LogP contribution in [0.3, 0.4) is 0 Å². The van der Waals surface area contributed by atoms with Crippen LogP contribution in [-0.2, 0) is 6.61 Å². The van der Waals surface area contributed by atoms with E-state index in [2.05, 4.69) is 10.1 Å². The van der Waals surface area contributed by atoms with Crippen LogP contribution in [0.5, 0.6) is 5.88 Å². The minimum atomic E-state index is -0.280. The van der Waals surface area contributed by atoms with Crippen molar-refractivity contribution in [1.29, 1.82) is 0 Å². The maximum Gasteiger partial charge on any atom is 0.213 e. The summed E-state index contributed by atoms with van der Waals surface area (Å²) in [5, 5.41) is 4.34. The average Bonchev–Trinajstić information content (AvgIpc) is 3.32. The van der Waals surface area contributed by atoms with E-state index >= 15 is 0 Å². The number of aromatic nitrogens is 3. The molecule has 1 aliphatic carbocycles. The molecule has 3 aromatic rings. The van der Waals surface area contributed by atoms with Gasteiger partial charge in [-0.25, -0.2) is 9.37 Å². The second kappa shape index (κ2) is 5.83. The first-order valence-corrected chi connectivity index (χ1v) is 7.66. The van der Waals surface area contributed by atoms with Gasteiger partial charge in [-0.15, -0.1) is 0 Å². The molecule has 116 valence electrons. The fourth-order valence-corrected chi connectivity index (χ4v) is 2.45. The van der Waals surface area contributed by atoms with Crippen molar-refractivity contribution in [3.05, 3.63) is 66.4 Å². The number of halogens is 1. The number of hydrogen-bond donors (Lipinski definition) is 0. The van der Waals surface area contributed by atoms with Crippen LogP contribution in [0.2, 0.25) is 0 Å². The van der Waals surface area contributed by atoms with E-state index in [4.69, 9.17) is 4.74 Å². The predicted octanol–water partition coefficient (Wildman–Crippen LogP) is 4.00. The molecule has 0 spiro atoms. The summed E-state index contributed by atoms with van der Waals surface area (Å²) < 4.78 is 21.7. The molecule has 1 aromatic carbocycles. The Hall–Kier alpha value is -2.69. The molecule has 2 aromatic heterocycles. The highest BCUT2D eigenvalue weighted by molar-refractivity contribution is 5.62. The summed E-state index contributed by atoms with van der Waals surface area (Å²) in [4.78, 5) is 4.06. The Labute approximate surface area is 133 Å². The maximum absolute atomic E-state index is 14.3. The molecule has 4 nitrogen and oxygen atoms in total. The van der Waals surface area contributed by atoms with E-state index in [-0.39, 0.29) is 12.4 Å². The Kier molecular flexibility index (Phi) is 3.54. The fourth-order valence-electron chi connectivity index (χ4n) is 2.45. The summed E-state index contributed by atoms with van der Waals surface area (Å²) in [5.74, 6) is 0.208. The maximum atomic E-state index is 14.3. The Morgan fingerprint density at radius 1 is 1.17 bits per heavy atom. The quantitative estimate of drug-likeness (QED) is 0.715. The van der Waals surface area contributed by atoms with Crippen LogP contribution >= 0.6 is 0 Å². The van der Waals surface area contributed by atoms with Crippen molar-refractivity contribution in [2.75, 3.05) is 0 Å². The largest absolute Gasteiger partial charge is 0.473 e. The summed E-state index contributed by atoms with van der Waals surface area (Å²) in [6.07, 6.45) is 7.78. The first-order chi connectivity index (χ1) is 11.3. The average molecular weight is 309 g/mol. The number of hydrogen-bond acceptors (Lipinski definition) is 3. The minimum Gasteiger partial charge on any atom is -0.473 e. The highest BCUT2D eigenvalue weighted by Crippen LogP contribution is 2.35. The Morgan fingerprint density at radius 2 is 2.09 bits per heavy atom. The molecule has 0 amide bonds. The van der Waals surface area contributed by atoms with Gasteiger partial charge in [-0.05, 0) is 30.5 Å². The molecule has 1 aliphatic rings. The minimum absolute atomic E-state index is 0.157. The monoisotopic (exact) mass is 309 g/mol. The van der Waals surface area contributed by atoms with E-state index in [9.17, 15) is 4.39 Å². The van der Waals surface area contributed by atoms with E-state index in [1.165, 1.54) is 18.9 Å². The van der Waals surface area contributed by atoms with Crippen LogP contribution in [0.1, 0.15) is 24.4 Å². The molecule has 0 unspecified atom stereocenters. The molecule has 23 heavy (non-hydrogen) atoms. The third-order valence-corrected chi connectivity index (χ3v) is 3.92. The van der Waals surface area contributed by atoms with Gasteiger partial charge >= 0.3 is 0 Å². The van der Waals surface area contributed by atoms with Crippen LogP contribution in [0.4, 0.5) is 4.39 Å². The normalized spacial score (nSPS) is 14.0. The topological polar surface area (TPSA) is 39.9 Å². The smallest absolute Gasteiger partial charge is 0.213 e. The molecule has 5 heteroatoms. The van der Waals surface area contributed by atoms with Crippen LogP contribution in [0, 0.1) is 5.82 Å². The van der Waals surface area contributed by atoms with Gasteiger partial charge in [-0.1, -0.05) is 18.2 Å². The highest BCUT2D eigenvalue weighted by Gasteiger charge is 2.24. The molecule has 4 rings (SSSR count). The first-order valence-electron chi connectivity index (χ1n) is 7.66. The second-order valence-corrected chi connectivity index (χ2v) is 5.70. The second-order valence-electron chi connectivity index (χ2n) is 5.70. The van der Waals surface area contributed by atoms with Crippen molar-refractivity contribution in [1.82, 2.24) is 14.8 Å². The summed E-state index contributed by atoms with van der Waals surface area (Å²) in [6, 6.07) is 11.1. The summed E-state index contributed by atoms with van der Waals surface area (Å²) >= 11 is 0. The Bertz CT molecular complexity index is 812. The van der Waals surface area contributed by atoms with Crippen molar-refractivity contribution < 1.29 is 9.13 Å². The molecule has 0 bridgehead atoms. The third kappa shape index (κ3) is 3.08. The molecule has 0 aliphatic heterocycles. The lowest BCUT2D eigenvalue weighted by Gasteiger charge is -2.07. The fraction of sp³-hybridized carbons (Fsp3) is 0.222. The van der Waals surface area contributed by atoms with Gasteiger partial charge in [0.05, 0.1) is 12.2 Å². The van der Waals surface area contributed by atoms with Gasteiger partial charge in [0.15, 0.2) is 0 Å². The van der Waals surface area contributed by atoms with Crippen LogP contribution in [0.15, 0.2) is 55.0 Å². The molecule has 1 fully saturated rings. The van der Waals surface area contributed by atoms with Gasteiger partial charge in [0.1, 0.15) is 12.4 Å². The van der Waals surface area contributed by atoms with Gasteiger partial charge < -0.3 is 4.74 Å². The lowest BCUT2D eigenvalue weighted by Crippen LogP contribution is -1.99. The van der Waals surface area contributed by atoms with Crippen molar-refractivity contribution in [3.63, 3.8) is 0 Å². The van der Waals surface area contributed by atoms with Gasteiger partial charge in [0.2, 0.25) is 5.88 Å². The van der Waals surface area contributed by atoms with Gasteiger partial charge in [0, 0.05) is 29.6 Å². The van der Waals surface area contributed by atoms with E-state index in [1.54, 1.807) is 24.5 Å². The van der Waals surface area contributed by atoms with Gasteiger partial charge in [-0.3, -0.25) is 4.68 Å². The molecule has 0 radical (unpaired) electrons. The summed E-state index contributed by atoms with van der Waals surface area (Å²) in [6.45, 7) is 0.157. The zero-order valence-corrected chi connectivity index (χ0v) is 12.5.